The van der Waals surface area contributed by atoms with E-state index >= 15 is 0 Å². The van der Waals surface area contributed by atoms with Crippen LogP contribution in [0, 0.1) is 11.3 Å². The normalized spacial score (nSPS) is 10.5. The van der Waals surface area contributed by atoms with E-state index in [2.05, 4.69) is 21.5 Å². The maximum atomic E-state index is 9.63. The highest BCUT2D eigenvalue weighted by Crippen LogP contribution is 2.24. The number of hydrogen-bond donors (Lipinski definition) is 2. The van der Waals surface area contributed by atoms with Crippen molar-refractivity contribution in [1.29, 1.82) is 5.26 Å². The Morgan fingerprint density at radius 2 is 1.88 bits per heavy atom. The minimum Gasteiger partial charge on any atom is -0.508 e. The van der Waals surface area contributed by atoms with E-state index in [4.69, 9.17) is 5.26 Å². The first-order valence-corrected chi connectivity index (χ1v) is 7.65. The monoisotopic (exact) mass is 327 g/mol. The molecular formula is C19H13N5O. The first-order valence-electron chi connectivity index (χ1n) is 7.65. The molecule has 0 saturated carbocycles. The number of phenolic OH excluding ortho intramolecular Hbond substituents is 1. The van der Waals surface area contributed by atoms with E-state index in [-0.39, 0.29) is 5.75 Å². The summed E-state index contributed by atoms with van der Waals surface area (Å²) >= 11 is 0. The van der Waals surface area contributed by atoms with Crippen LogP contribution in [0.15, 0.2) is 66.9 Å². The van der Waals surface area contributed by atoms with Gasteiger partial charge in [0.15, 0.2) is 5.65 Å². The molecule has 2 aromatic heterocycles. The average Bonchev–Trinajstić information content (AvgIpc) is 3.03. The van der Waals surface area contributed by atoms with Gasteiger partial charge in [-0.1, -0.05) is 24.3 Å². The Morgan fingerprint density at radius 3 is 2.72 bits per heavy atom. The number of aromatic hydroxyl groups is 1. The molecule has 0 amide bonds. The third-order valence-corrected chi connectivity index (χ3v) is 3.80. The van der Waals surface area contributed by atoms with Gasteiger partial charge in [0.1, 0.15) is 11.8 Å². The molecule has 6 heteroatoms. The summed E-state index contributed by atoms with van der Waals surface area (Å²) in [5, 5.41) is 26.3. The van der Waals surface area contributed by atoms with Crippen molar-refractivity contribution in [2.24, 2.45) is 0 Å². The summed E-state index contributed by atoms with van der Waals surface area (Å²) < 4.78 is 1.66. The van der Waals surface area contributed by atoms with E-state index in [1.54, 1.807) is 28.8 Å². The Morgan fingerprint density at radius 1 is 1.00 bits per heavy atom. The Labute approximate surface area is 143 Å². The zero-order chi connectivity index (χ0) is 17.2. The van der Waals surface area contributed by atoms with Crippen molar-refractivity contribution < 1.29 is 5.11 Å². The third-order valence-electron chi connectivity index (χ3n) is 3.80. The smallest absolute Gasteiger partial charge is 0.247 e. The van der Waals surface area contributed by atoms with Crippen molar-refractivity contribution in [1.82, 2.24) is 14.6 Å². The number of nitriles is 1. The van der Waals surface area contributed by atoms with Gasteiger partial charge < -0.3 is 10.4 Å². The lowest BCUT2D eigenvalue weighted by molar-refractivity contribution is 0.475. The van der Waals surface area contributed by atoms with Gasteiger partial charge in [-0.25, -0.2) is 4.52 Å². The van der Waals surface area contributed by atoms with Crippen molar-refractivity contribution in [2.75, 3.05) is 5.32 Å². The number of benzene rings is 2. The fraction of sp³-hybridized carbons (Fsp3) is 0. The van der Waals surface area contributed by atoms with Crippen LogP contribution in [0.4, 0.5) is 11.6 Å². The molecule has 25 heavy (non-hydrogen) atoms. The van der Waals surface area contributed by atoms with Gasteiger partial charge >= 0.3 is 0 Å². The van der Waals surface area contributed by atoms with Gasteiger partial charge in [0.25, 0.3) is 0 Å². The Bertz CT molecular complexity index is 1110. The molecule has 0 aliphatic heterocycles. The molecule has 4 rings (SSSR count). The molecular weight excluding hydrogens is 314 g/mol. The number of anilines is 2. The van der Waals surface area contributed by atoms with Gasteiger partial charge in [0, 0.05) is 11.8 Å². The number of phenols is 1. The van der Waals surface area contributed by atoms with Crippen LogP contribution in [0.3, 0.4) is 0 Å². The molecule has 0 fully saturated rings. The van der Waals surface area contributed by atoms with Crippen molar-refractivity contribution in [3.63, 3.8) is 0 Å². The summed E-state index contributed by atoms with van der Waals surface area (Å²) in [6, 6.07) is 20.1. The van der Waals surface area contributed by atoms with Crippen LogP contribution in [0.25, 0.3) is 16.8 Å². The third kappa shape index (κ3) is 2.86. The Balaban J connectivity index is 1.70. The van der Waals surface area contributed by atoms with Gasteiger partial charge in [-0.3, -0.25) is 0 Å². The molecule has 0 radical (unpaired) electrons. The average molecular weight is 327 g/mol. The van der Waals surface area contributed by atoms with Crippen molar-refractivity contribution in [2.45, 2.75) is 0 Å². The largest absolute Gasteiger partial charge is 0.508 e. The van der Waals surface area contributed by atoms with E-state index in [9.17, 15) is 5.11 Å². The predicted molar refractivity (Wildman–Crippen MR) is 94.5 cm³/mol. The van der Waals surface area contributed by atoms with Gasteiger partial charge in [-0.15, -0.1) is 5.10 Å². The van der Waals surface area contributed by atoms with Crippen LogP contribution < -0.4 is 5.32 Å². The standard InChI is InChI=1S/C19H13N5O/c20-11-14-4-1-2-7-17(14)21-19-22-18-9-8-15(12-24(18)23-19)13-5-3-6-16(25)10-13/h1-10,12,25H,(H,21,23). The number of rotatable bonds is 3. The zero-order valence-electron chi connectivity index (χ0n) is 13.1. The van der Waals surface area contributed by atoms with Crippen LogP contribution in [0.2, 0.25) is 0 Å². The number of para-hydroxylation sites is 1. The summed E-state index contributed by atoms with van der Waals surface area (Å²) in [4.78, 5) is 4.42. The maximum Gasteiger partial charge on any atom is 0.247 e. The topological polar surface area (TPSA) is 86.2 Å². The Kier molecular flexibility index (Phi) is 3.52. The summed E-state index contributed by atoms with van der Waals surface area (Å²) in [6.45, 7) is 0. The second-order valence-electron chi connectivity index (χ2n) is 5.49. The Hall–Kier alpha value is -3.85. The fourth-order valence-electron chi connectivity index (χ4n) is 2.60. The van der Waals surface area contributed by atoms with E-state index in [0.717, 1.165) is 11.1 Å². The van der Waals surface area contributed by atoms with Crippen LogP contribution in [-0.2, 0) is 0 Å². The minimum absolute atomic E-state index is 0.214. The molecule has 0 aliphatic rings. The van der Waals surface area contributed by atoms with Gasteiger partial charge in [0.05, 0.1) is 11.3 Å². The number of fused-ring (bicyclic) bond motifs is 1. The van der Waals surface area contributed by atoms with Crippen LogP contribution in [-0.4, -0.2) is 19.7 Å². The molecule has 0 saturated heterocycles. The minimum atomic E-state index is 0.214. The van der Waals surface area contributed by atoms with E-state index < -0.39 is 0 Å². The van der Waals surface area contributed by atoms with Crippen molar-refractivity contribution in [3.05, 3.63) is 72.4 Å². The molecule has 4 aromatic rings. The van der Waals surface area contributed by atoms with Crippen LogP contribution >= 0.6 is 0 Å². The lowest BCUT2D eigenvalue weighted by Gasteiger charge is -2.03. The zero-order valence-corrected chi connectivity index (χ0v) is 13.1. The molecule has 0 unspecified atom stereocenters. The molecule has 0 aliphatic carbocycles. The van der Waals surface area contributed by atoms with Crippen LogP contribution in [0.1, 0.15) is 5.56 Å². The summed E-state index contributed by atoms with van der Waals surface area (Å²) in [5.74, 6) is 0.627. The van der Waals surface area contributed by atoms with E-state index in [1.807, 2.05) is 42.6 Å². The number of hydrogen-bond acceptors (Lipinski definition) is 5. The van der Waals surface area contributed by atoms with Gasteiger partial charge in [0.2, 0.25) is 5.95 Å². The first kappa shape index (κ1) is 14.7. The van der Waals surface area contributed by atoms with E-state index in [0.29, 0.717) is 22.8 Å². The predicted octanol–water partition coefficient (Wildman–Crippen LogP) is 3.72. The summed E-state index contributed by atoms with van der Waals surface area (Å²) in [6.07, 6.45) is 1.85. The molecule has 2 heterocycles. The SMILES string of the molecule is N#Cc1ccccc1Nc1nc2ccc(-c3cccc(O)c3)cn2n1. The number of pyridine rings is 1. The molecule has 2 N–H and O–H groups in total. The second kappa shape index (κ2) is 5.98. The van der Waals surface area contributed by atoms with Crippen molar-refractivity contribution >= 4 is 17.3 Å². The van der Waals surface area contributed by atoms with Gasteiger partial charge in [-0.05, 0) is 42.0 Å². The summed E-state index contributed by atoms with van der Waals surface area (Å²) in [7, 11) is 0. The molecule has 120 valence electrons. The molecule has 0 bridgehead atoms. The van der Waals surface area contributed by atoms with E-state index in [1.165, 1.54) is 0 Å². The molecule has 0 atom stereocenters. The quantitative estimate of drug-likeness (QED) is 0.599. The molecule has 6 nitrogen and oxygen atoms in total. The lowest BCUT2D eigenvalue weighted by atomic mass is 10.1. The number of aromatic nitrogens is 3. The summed E-state index contributed by atoms with van der Waals surface area (Å²) in [5.41, 5.74) is 3.68. The lowest BCUT2D eigenvalue weighted by Crippen LogP contribution is -1.95. The highest BCUT2D eigenvalue weighted by atomic mass is 16.3. The first-order chi connectivity index (χ1) is 12.2. The number of nitrogens with one attached hydrogen (secondary N) is 1. The number of nitrogens with zero attached hydrogens (tertiary/aromatic N) is 4. The maximum absolute atomic E-state index is 9.63. The van der Waals surface area contributed by atoms with Crippen LogP contribution in [0.5, 0.6) is 5.75 Å². The van der Waals surface area contributed by atoms with Gasteiger partial charge in [-0.2, -0.15) is 10.2 Å². The van der Waals surface area contributed by atoms with Crippen molar-refractivity contribution in [3.8, 4) is 22.9 Å². The molecule has 0 spiro atoms. The highest BCUT2D eigenvalue weighted by molar-refractivity contribution is 5.67. The fourth-order valence-corrected chi connectivity index (χ4v) is 2.60. The highest BCUT2D eigenvalue weighted by Gasteiger charge is 2.08. The second-order valence-corrected chi connectivity index (χ2v) is 5.49. The molecule has 2 aromatic carbocycles.